The highest BCUT2D eigenvalue weighted by atomic mass is 79.9. The first-order valence-corrected chi connectivity index (χ1v) is 6.78. The first-order valence-electron chi connectivity index (χ1n) is 5.61. The quantitative estimate of drug-likeness (QED) is 0.922. The molecule has 0 amide bonds. The third-order valence-corrected chi connectivity index (χ3v) is 3.74. The molecule has 1 unspecified atom stereocenters. The van der Waals surface area contributed by atoms with E-state index in [0.29, 0.717) is 11.4 Å². The van der Waals surface area contributed by atoms with Crippen LogP contribution in [-0.2, 0) is 6.42 Å². The summed E-state index contributed by atoms with van der Waals surface area (Å²) in [6.45, 7) is 1.91. The SMILES string of the molecule is Cc1c(Cl)cccc1C(O)Cc1ccc(Br)cn1. The Hall–Kier alpha value is -0.900. The summed E-state index contributed by atoms with van der Waals surface area (Å²) in [7, 11) is 0. The predicted molar refractivity (Wildman–Crippen MR) is 76.8 cm³/mol. The minimum atomic E-state index is -0.586. The molecule has 0 radical (unpaired) electrons. The third kappa shape index (κ3) is 3.10. The zero-order valence-corrected chi connectivity index (χ0v) is 12.2. The lowest BCUT2D eigenvalue weighted by atomic mass is 10.00. The predicted octanol–water partition coefficient (Wildman–Crippen LogP) is 4.08. The number of pyridine rings is 1. The van der Waals surface area contributed by atoms with E-state index in [-0.39, 0.29) is 0 Å². The topological polar surface area (TPSA) is 33.1 Å². The zero-order valence-electron chi connectivity index (χ0n) is 9.90. The number of benzene rings is 1. The first-order chi connectivity index (χ1) is 8.58. The molecule has 2 aromatic rings. The summed E-state index contributed by atoms with van der Waals surface area (Å²) in [5.74, 6) is 0. The molecule has 0 bridgehead atoms. The fourth-order valence-electron chi connectivity index (χ4n) is 1.82. The lowest BCUT2D eigenvalue weighted by molar-refractivity contribution is 0.176. The van der Waals surface area contributed by atoms with Crippen molar-refractivity contribution in [2.75, 3.05) is 0 Å². The Kier molecular flexibility index (Phi) is 4.38. The van der Waals surface area contributed by atoms with Gasteiger partial charge in [0.25, 0.3) is 0 Å². The molecule has 4 heteroatoms. The zero-order chi connectivity index (χ0) is 13.1. The van der Waals surface area contributed by atoms with Gasteiger partial charge in [-0.3, -0.25) is 4.98 Å². The van der Waals surface area contributed by atoms with Gasteiger partial charge in [0, 0.05) is 27.8 Å². The van der Waals surface area contributed by atoms with E-state index >= 15 is 0 Å². The minimum Gasteiger partial charge on any atom is -0.388 e. The van der Waals surface area contributed by atoms with Gasteiger partial charge in [-0.25, -0.2) is 0 Å². The summed E-state index contributed by atoms with van der Waals surface area (Å²) in [6.07, 6.45) is 1.62. The van der Waals surface area contributed by atoms with Gasteiger partial charge >= 0.3 is 0 Å². The van der Waals surface area contributed by atoms with E-state index in [0.717, 1.165) is 21.3 Å². The van der Waals surface area contributed by atoms with Gasteiger partial charge in [0.2, 0.25) is 0 Å². The Morgan fingerprint density at radius 3 is 2.78 bits per heavy atom. The fraction of sp³-hybridized carbons (Fsp3) is 0.214. The van der Waals surface area contributed by atoms with Crippen molar-refractivity contribution in [2.45, 2.75) is 19.4 Å². The van der Waals surface area contributed by atoms with Crippen LogP contribution in [0.25, 0.3) is 0 Å². The number of aliphatic hydroxyl groups is 1. The largest absolute Gasteiger partial charge is 0.388 e. The number of aromatic nitrogens is 1. The van der Waals surface area contributed by atoms with Crippen LogP contribution in [0.5, 0.6) is 0 Å². The van der Waals surface area contributed by atoms with Crippen LogP contribution in [0.15, 0.2) is 41.0 Å². The molecule has 94 valence electrons. The molecule has 1 atom stereocenters. The number of nitrogens with zero attached hydrogens (tertiary/aromatic N) is 1. The summed E-state index contributed by atoms with van der Waals surface area (Å²) in [4.78, 5) is 4.26. The van der Waals surface area contributed by atoms with Crippen molar-refractivity contribution in [3.05, 3.63) is 62.8 Å². The van der Waals surface area contributed by atoms with Crippen molar-refractivity contribution >= 4 is 27.5 Å². The van der Waals surface area contributed by atoms with Crippen molar-refractivity contribution in [3.8, 4) is 0 Å². The number of halogens is 2. The number of aliphatic hydroxyl groups excluding tert-OH is 1. The number of hydrogen-bond acceptors (Lipinski definition) is 2. The van der Waals surface area contributed by atoms with E-state index in [9.17, 15) is 5.11 Å². The highest BCUT2D eigenvalue weighted by Gasteiger charge is 2.13. The molecule has 1 N–H and O–H groups in total. The Balaban J connectivity index is 2.19. The Morgan fingerprint density at radius 2 is 2.11 bits per heavy atom. The fourth-order valence-corrected chi connectivity index (χ4v) is 2.24. The second kappa shape index (κ2) is 5.83. The van der Waals surface area contributed by atoms with Gasteiger partial charge in [-0.15, -0.1) is 0 Å². The molecule has 0 saturated carbocycles. The van der Waals surface area contributed by atoms with E-state index in [1.54, 1.807) is 6.20 Å². The molecule has 18 heavy (non-hydrogen) atoms. The molecular formula is C14H13BrClNO. The molecule has 0 aliphatic heterocycles. The summed E-state index contributed by atoms with van der Waals surface area (Å²) in [6, 6.07) is 9.38. The molecule has 1 aromatic carbocycles. The summed E-state index contributed by atoms with van der Waals surface area (Å²) >= 11 is 9.38. The van der Waals surface area contributed by atoms with Crippen LogP contribution in [0.4, 0.5) is 0 Å². The van der Waals surface area contributed by atoms with Gasteiger partial charge in [-0.2, -0.15) is 0 Å². The highest BCUT2D eigenvalue weighted by Crippen LogP contribution is 2.26. The van der Waals surface area contributed by atoms with Crippen molar-refractivity contribution < 1.29 is 5.11 Å². The molecule has 0 spiro atoms. The normalized spacial score (nSPS) is 12.4. The number of hydrogen-bond donors (Lipinski definition) is 1. The molecule has 2 rings (SSSR count). The lowest BCUT2D eigenvalue weighted by Crippen LogP contribution is -2.05. The van der Waals surface area contributed by atoms with Gasteiger partial charge in [0.1, 0.15) is 0 Å². The molecule has 0 saturated heterocycles. The van der Waals surface area contributed by atoms with Crippen molar-refractivity contribution in [1.29, 1.82) is 0 Å². The van der Waals surface area contributed by atoms with Gasteiger partial charge in [0.15, 0.2) is 0 Å². The van der Waals surface area contributed by atoms with Crippen molar-refractivity contribution in [3.63, 3.8) is 0 Å². The van der Waals surface area contributed by atoms with E-state index in [1.165, 1.54) is 0 Å². The van der Waals surface area contributed by atoms with Gasteiger partial charge in [0.05, 0.1) is 6.10 Å². The van der Waals surface area contributed by atoms with E-state index in [4.69, 9.17) is 11.6 Å². The molecule has 0 aliphatic carbocycles. The smallest absolute Gasteiger partial charge is 0.0848 e. The summed E-state index contributed by atoms with van der Waals surface area (Å²) in [5.41, 5.74) is 2.63. The molecule has 0 aliphatic rings. The van der Waals surface area contributed by atoms with Crippen molar-refractivity contribution in [1.82, 2.24) is 4.98 Å². The summed E-state index contributed by atoms with van der Waals surface area (Å²) < 4.78 is 0.930. The van der Waals surface area contributed by atoms with Crippen LogP contribution in [0.3, 0.4) is 0 Å². The minimum absolute atomic E-state index is 0.481. The first kappa shape index (κ1) is 13.5. The second-order valence-corrected chi connectivity index (χ2v) is 5.46. The molecule has 1 heterocycles. The van der Waals surface area contributed by atoms with Crippen LogP contribution in [-0.4, -0.2) is 10.1 Å². The van der Waals surface area contributed by atoms with Crippen LogP contribution < -0.4 is 0 Å². The van der Waals surface area contributed by atoms with Crippen molar-refractivity contribution in [2.24, 2.45) is 0 Å². The maximum absolute atomic E-state index is 10.2. The van der Waals surface area contributed by atoms with Crippen LogP contribution in [0, 0.1) is 6.92 Å². The number of rotatable bonds is 3. The third-order valence-electron chi connectivity index (χ3n) is 2.86. The molecule has 2 nitrogen and oxygen atoms in total. The van der Waals surface area contributed by atoms with Gasteiger partial charge in [-0.1, -0.05) is 23.7 Å². The van der Waals surface area contributed by atoms with Crippen LogP contribution in [0.2, 0.25) is 5.02 Å². The lowest BCUT2D eigenvalue weighted by Gasteiger charge is -2.14. The Labute approximate surface area is 120 Å². The summed E-state index contributed by atoms with van der Waals surface area (Å²) in [5, 5.41) is 10.9. The molecule has 0 fully saturated rings. The molecule has 1 aromatic heterocycles. The average molecular weight is 327 g/mol. The van der Waals surface area contributed by atoms with Crippen LogP contribution >= 0.6 is 27.5 Å². The van der Waals surface area contributed by atoms with E-state index < -0.39 is 6.10 Å². The van der Waals surface area contributed by atoms with Gasteiger partial charge < -0.3 is 5.11 Å². The van der Waals surface area contributed by atoms with E-state index in [2.05, 4.69) is 20.9 Å². The standard InChI is InChI=1S/C14H13BrClNO/c1-9-12(3-2-4-13(9)16)14(18)7-11-6-5-10(15)8-17-11/h2-6,8,14,18H,7H2,1H3. The molecular weight excluding hydrogens is 314 g/mol. The maximum Gasteiger partial charge on any atom is 0.0848 e. The second-order valence-electron chi connectivity index (χ2n) is 4.14. The highest BCUT2D eigenvalue weighted by molar-refractivity contribution is 9.10. The maximum atomic E-state index is 10.2. The van der Waals surface area contributed by atoms with Gasteiger partial charge in [-0.05, 0) is 52.2 Å². The Bertz CT molecular complexity index is 542. The Morgan fingerprint density at radius 1 is 1.33 bits per heavy atom. The average Bonchev–Trinajstić information content (AvgIpc) is 2.35. The van der Waals surface area contributed by atoms with Crippen LogP contribution in [0.1, 0.15) is 22.9 Å². The van der Waals surface area contributed by atoms with E-state index in [1.807, 2.05) is 37.3 Å². The monoisotopic (exact) mass is 325 g/mol.